The first-order chi connectivity index (χ1) is 6.71. The molecule has 14 heavy (non-hydrogen) atoms. The minimum atomic E-state index is -0.140. The quantitative estimate of drug-likeness (QED) is 0.699. The second-order valence-corrected chi connectivity index (χ2v) is 5.35. The van der Waals surface area contributed by atoms with Gasteiger partial charge in [-0.3, -0.25) is 0 Å². The van der Waals surface area contributed by atoms with Crippen molar-refractivity contribution >= 4 is 11.8 Å². The molecule has 0 aliphatic carbocycles. The van der Waals surface area contributed by atoms with E-state index in [2.05, 4.69) is 38.1 Å². The molecule has 1 saturated heterocycles. The van der Waals surface area contributed by atoms with Gasteiger partial charge in [-0.05, 0) is 31.6 Å². The summed E-state index contributed by atoms with van der Waals surface area (Å²) in [6.45, 7) is 4.32. The lowest BCUT2D eigenvalue weighted by Gasteiger charge is -2.37. The van der Waals surface area contributed by atoms with Crippen molar-refractivity contribution in [3.05, 3.63) is 35.9 Å². The zero-order valence-corrected chi connectivity index (χ0v) is 9.51. The molecule has 0 saturated carbocycles. The normalized spacial score (nSPS) is 32.9. The average molecular weight is 208 g/mol. The maximum Gasteiger partial charge on any atom is 0.136 e. The molecular formula is C12H16OS. The second-order valence-electron chi connectivity index (χ2n) is 3.88. The molecule has 1 aliphatic heterocycles. The average Bonchev–Trinajstić information content (AvgIpc) is 2.19. The molecule has 1 nitrogen and oxygen atoms in total. The third-order valence-electron chi connectivity index (χ3n) is 2.63. The van der Waals surface area contributed by atoms with Crippen molar-refractivity contribution in [1.82, 2.24) is 0 Å². The van der Waals surface area contributed by atoms with Gasteiger partial charge in [0.05, 0.1) is 6.10 Å². The van der Waals surface area contributed by atoms with Crippen LogP contribution in [0.5, 0.6) is 0 Å². The van der Waals surface area contributed by atoms with Gasteiger partial charge in [-0.15, -0.1) is 11.8 Å². The van der Waals surface area contributed by atoms with Crippen molar-refractivity contribution in [3.63, 3.8) is 0 Å². The molecular weight excluding hydrogens is 192 g/mol. The number of benzene rings is 1. The molecule has 1 fully saturated rings. The highest BCUT2D eigenvalue weighted by atomic mass is 32.2. The molecule has 0 N–H and O–H groups in total. The Hall–Kier alpha value is -0.470. The summed E-state index contributed by atoms with van der Waals surface area (Å²) < 4.78 is 6.02. The van der Waals surface area contributed by atoms with E-state index in [1.807, 2.05) is 17.8 Å². The Morgan fingerprint density at radius 2 is 2.07 bits per heavy atom. The zero-order chi connectivity index (χ0) is 10.0. The minimum Gasteiger partial charge on any atom is -0.357 e. The largest absolute Gasteiger partial charge is 0.357 e. The Bertz CT molecular complexity index is 298. The van der Waals surface area contributed by atoms with Gasteiger partial charge in [0.25, 0.3) is 0 Å². The predicted octanol–water partition coefficient (Wildman–Crippen LogP) is 3.40. The van der Waals surface area contributed by atoms with Gasteiger partial charge >= 0.3 is 0 Å². The molecule has 0 bridgehead atoms. The molecule has 1 aliphatic rings. The van der Waals surface area contributed by atoms with Crippen molar-refractivity contribution in [2.75, 3.05) is 5.75 Å². The summed E-state index contributed by atoms with van der Waals surface area (Å²) in [6.07, 6.45) is 1.54. The SMILES string of the molecule is CC1CCSC(C)(c2ccccc2)O1. The van der Waals surface area contributed by atoms with Crippen LogP contribution < -0.4 is 0 Å². The van der Waals surface area contributed by atoms with Gasteiger partial charge < -0.3 is 4.74 Å². The summed E-state index contributed by atoms with van der Waals surface area (Å²) in [5, 5.41) is 0. The Kier molecular flexibility index (Phi) is 2.84. The molecule has 76 valence electrons. The van der Waals surface area contributed by atoms with E-state index in [0.717, 1.165) is 6.42 Å². The van der Waals surface area contributed by atoms with E-state index >= 15 is 0 Å². The van der Waals surface area contributed by atoms with E-state index in [1.54, 1.807) is 0 Å². The first kappa shape index (κ1) is 10.1. The van der Waals surface area contributed by atoms with Gasteiger partial charge in [-0.25, -0.2) is 0 Å². The summed E-state index contributed by atoms with van der Waals surface area (Å²) in [7, 11) is 0. The summed E-state index contributed by atoms with van der Waals surface area (Å²) in [5.74, 6) is 1.19. The van der Waals surface area contributed by atoms with Crippen molar-refractivity contribution in [2.24, 2.45) is 0 Å². The Morgan fingerprint density at radius 3 is 2.71 bits per heavy atom. The molecule has 1 heterocycles. The van der Waals surface area contributed by atoms with Crippen molar-refractivity contribution < 1.29 is 4.74 Å². The smallest absolute Gasteiger partial charge is 0.136 e. The lowest BCUT2D eigenvalue weighted by molar-refractivity contribution is -0.0265. The van der Waals surface area contributed by atoms with Crippen molar-refractivity contribution in [3.8, 4) is 0 Å². The van der Waals surface area contributed by atoms with Gasteiger partial charge in [-0.1, -0.05) is 30.3 Å². The Balaban J connectivity index is 2.23. The molecule has 1 aromatic rings. The van der Waals surface area contributed by atoms with E-state index in [0.29, 0.717) is 6.10 Å². The highest BCUT2D eigenvalue weighted by Crippen LogP contribution is 2.42. The summed E-state index contributed by atoms with van der Waals surface area (Å²) in [4.78, 5) is -0.140. The lowest BCUT2D eigenvalue weighted by Crippen LogP contribution is -2.32. The number of thioether (sulfide) groups is 1. The van der Waals surface area contributed by atoms with Gasteiger partial charge in [0, 0.05) is 0 Å². The minimum absolute atomic E-state index is 0.140. The fourth-order valence-corrected chi connectivity index (χ4v) is 3.16. The van der Waals surface area contributed by atoms with Crippen LogP contribution in [0.4, 0.5) is 0 Å². The van der Waals surface area contributed by atoms with E-state index in [9.17, 15) is 0 Å². The van der Waals surface area contributed by atoms with Crippen LogP contribution in [0.2, 0.25) is 0 Å². The highest BCUT2D eigenvalue weighted by Gasteiger charge is 2.33. The topological polar surface area (TPSA) is 9.23 Å². The molecule has 2 rings (SSSR count). The zero-order valence-electron chi connectivity index (χ0n) is 8.69. The highest BCUT2D eigenvalue weighted by molar-refractivity contribution is 8.00. The molecule has 2 heteroatoms. The van der Waals surface area contributed by atoms with E-state index in [4.69, 9.17) is 4.74 Å². The number of rotatable bonds is 1. The number of ether oxygens (including phenoxy) is 1. The summed E-state index contributed by atoms with van der Waals surface area (Å²) >= 11 is 1.90. The molecule has 0 radical (unpaired) electrons. The maximum atomic E-state index is 6.02. The van der Waals surface area contributed by atoms with Crippen molar-refractivity contribution in [2.45, 2.75) is 31.3 Å². The molecule has 0 amide bonds. The third-order valence-corrected chi connectivity index (χ3v) is 3.95. The molecule has 0 spiro atoms. The Labute approximate surface area is 89.9 Å². The van der Waals surface area contributed by atoms with Gasteiger partial charge in [0.2, 0.25) is 0 Å². The van der Waals surface area contributed by atoms with E-state index in [-0.39, 0.29) is 4.93 Å². The lowest BCUT2D eigenvalue weighted by atomic mass is 10.1. The predicted molar refractivity (Wildman–Crippen MR) is 61.4 cm³/mol. The van der Waals surface area contributed by atoms with E-state index < -0.39 is 0 Å². The first-order valence-corrected chi connectivity index (χ1v) is 6.06. The van der Waals surface area contributed by atoms with Crippen LogP contribution in [0.15, 0.2) is 30.3 Å². The maximum absolute atomic E-state index is 6.02. The molecule has 0 aromatic heterocycles. The molecule has 2 atom stereocenters. The van der Waals surface area contributed by atoms with Crippen molar-refractivity contribution in [1.29, 1.82) is 0 Å². The number of hydrogen-bond acceptors (Lipinski definition) is 2. The number of hydrogen-bond donors (Lipinski definition) is 0. The van der Waals surface area contributed by atoms with Crippen LogP contribution in [-0.2, 0) is 9.67 Å². The molecule has 2 unspecified atom stereocenters. The third kappa shape index (κ3) is 1.96. The van der Waals surface area contributed by atoms with Gasteiger partial charge in [0.15, 0.2) is 0 Å². The fourth-order valence-electron chi connectivity index (χ4n) is 1.79. The monoisotopic (exact) mass is 208 g/mol. The molecule has 1 aromatic carbocycles. The fraction of sp³-hybridized carbons (Fsp3) is 0.500. The van der Waals surface area contributed by atoms with Crippen LogP contribution in [0.3, 0.4) is 0 Å². The van der Waals surface area contributed by atoms with Crippen LogP contribution in [0, 0.1) is 0 Å². The van der Waals surface area contributed by atoms with Crippen LogP contribution in [-0.4, -0.2) is 11.9 Å². The summed E-state index contributed by atoms with van der Waals surface area (Å²) in [5.41, 5.74) is 1.27. The first-order valence-electron chi connectivity index (χ1n) is 5.08. The van der Waals surface area contributed by atoms with Gasteiger partial charge in [0.1, 0.15) is 4.93 Å². The Morgan fingerprint density at radius 1 is 1.36 bits per heavy atom. The second kappa shape index (κ2) is 3.95. The van der Waals surface area contributed by atoms with Crippen LogP contribution in [0.25, 0.3) is 0 Å². The van der Waals surface area contributed by atoms with Crippen LogP contribution in [0.1, 0.15) is 25.8 Å². The summed E-state index contributed by atoms with van der Waals surface area (Å²) in [6, 6.07) is 10.5. The van der Waals surface area contributed by atoms with Crippen LogP contribution >= 0.6 is 11.8 Å². The van der Waals surface area contributed by atoms with E-state index in [1.165, 1.54) is 11.3 Å². The van der Waals surface area contributed by atoms with Gasteiger partial charge in [-0.2, -0.15) is 0 Å². The standard InChI is InChI=1S/C12H16OS/c1-10-8-9-14-12(2,13-10)11-6-4-3-5-7-11/h3-7,10H,8-9H2,1-2H3.